The van der Waals surface area contributed by atoms with E-state index in [0.29, 0.717) is 23.9 Å². The van der Waals surface area contributed by atoms with Crippen LogP contribution in [0.2, 0.25) is 5.02 Å². The number of anilines is 2. The number of ether oxygens (including phenoxy) is 1. The number of aliphatic hydroxyl groups excluding tert-OH is 1. The molecule has 0 aromatic heterocycles. The molecular formula is C11H15ClN2O2. The fourth-order valence-corrected chi connectivity index (χ4v) is 2.09. The molecule has 1 unspecified atom stereocenters. The van der Waals surface area contributed by atoms with Gasteiger partial charge in [-0.25, -0.2) is 0 Å². The van der Waals surface area contributed by atoms with Gasteiger partial charge in [-0.15, -0.1) is 0 Å². The van der Waals surface area contributed by atoms with Crippen LogP contribution in [-0.2, 0) is 4.74 Å². The largest absolute Gasteiger partial charge is 0.397 e. The van der Waals surface area contributed by atoms with E-state index < -0.39 is 0 Å². The Morgan fingerprint density at radius 3 is 3.06 bits per heavy atom. The average molecular weight is 243 g/mol. The van der Waals surface area contributed by atoms with Crippen LogP contribution >= 0.6 is 11.6 Å². The van der Waals surface area contributed by atoms with Crippen molar-refractivity contribution in [2.45, 2.75) is 6.04 Å². The fourth-order valence-electron chi connectivity index (χ4n) is 1.91. The minimum atomic E-state index is -0.0303. The lowest BCUT2D eigenvalue weighted by Crippen LogP contribution is -2.47. The quantitative estimate of drug-likeness (QED) is 0.763. The lowest BCUT2D eigenvalue weighted by molar-refractivity contribution is 0.0728. The molecule has 0 aliphatic carbocycles. The number of rotatable bonds is 2. The van der Waals surface area contributed by atoms with E-state index in [9.17, 15) is 5.11 Å². The van der Waals surface area contributed by atoms with E-state index in [-0.39, 0.29) is 12.6 Å². The van der Waals surface area contributed by atoms with Crippen LogP contribution < -0.4 is 10.6 Å². The second kappa shape index (κ2) is 4.91. The molecule has 1 aromatic rings. The molecule has 1 fully saturated rings. The summed E-state index contributed by atoms with van der Waals surface area (Å²) in [5.41, 5.74) is 7.46. The third-order valence-corrected chi connectivity index (χ3v) is 2.97. The van der Waals surface area contributed by atoms with Crippen molar-refractivity contribution < 1.29 is 9.84 Å². The van der Waals surface area contributed by atoms with Crippen LogP contribution in [0.5, 0.6) is 0 Å². The van der Waals surface area contributed by atoms with E-state index in [1.807, 2.05) is 6.07 Å². The molecular weight excluding hydrogens is 228 g/mol. The lowest BCUT2D eigenvalue weighted by atomic mass is 10.1. The van der Waals surface area contributed by atoms with E-state index in [2.05, 4.69) is 4.90 Å². The van der Waals surface area contributed by atoms with Crippen LogP contribution in [0.25, 0.3) is 0 Å². The van der Waals surface area contributed by atoms with E-state index in [1.165, 1.54) is 0 Å². The van der Waals surface area contributed by atoms with Gasteiger partial charge in [0.25, 0.3) is 0 Å². The zero-order valence-corrected chi connectivity index (χ0v) is 9.65. The molecule has 0 spiro atoms. The molecule has 16 heavy (non-hydrogen) atoms. The summed E-state index contributed by atoms with van der Waals surface area (Å²) in [4.78, 5) is 2.06. The van der Waals surface area contributed by atoms with E-state index in [0.717, 1.165) is 12.2 Å². The maximum Gasteiger partial charge on any atom is 0.0756 e. The Balaban J connectivity index is 2.27. The summed E-state index contributed by atoms with van der Waals surface area (Å²) < 4.78 is 5.32. The van der Waals surface area contributed by atoms with Crippen LogP contribution in [0, 0.1) is 0 Å². The van der Waals surface area contributed by atoms with Crippen molar-refractivity contribution in [3.63, 3.8) is 0 Å². The molecule has 1 saturated heterocycles. The van der Waals surface area contributed by atoms with Gasteiger partial charge in [-0.3, -0.25) is 0 Å². The van der Waals surface area contributed by atoms with Crippen LogP contribution in [0.1, 0.15) is 0 Å². The third-order valence-electron chi connectivity index (χ3n) is 2.74. The molecule has 1 aliphatic rings. The number of benzene rings is 1. The molecule has 4 nitrogen and oxygen atoms in total. The van der Waals surface area contributed by atoms with Gasteiger partial charge in [0.1, 0.15) is 0 Å². The molecule has 1 atom stereocenters. The van der Waals surface area contributed by atoms with Crippen molar-refractivity contribution >= 4 is 23.0 Å². The van der Waals surface area contributed by atoms with Gasteiger partial charge in [-0.05, 0) is 18.2 Å². The maximum atomic E-state index is 9.28. The predicted molar refractivity (Wildman–Crippen MR) is 64.9 cm³/mol. The number of nitrogens with two attached hydrogens (primary N) is 1. The number of nitrogen functional groups attached to an aromatic ring is 1. The summed E-state index contributed by atoms with van der Waals surface area (Å²) in [6, 6.07) is 5.38. The molecule has 0 amide bonds. The summed E-state index contributed by atoms with van der Waals surface area (Å²) in [6.45, 7) is 1.97. The minimum absolute atomic E-state index is 0.0303. The van der Waals surface area contributed by atoms with Crippen molar-refractivity contribution in [3.8, 4) is 0 Å². The summed E-state index contributed by atoms with van der Waals surface area (Å²) in [5, 5.41) is 9.90. The number of halogens is 1. The number of morpholine rings is 1. The van der Waals surface area contributed by atoms with Crippen molar-refractivity contribution in [1.29, 1.82) is 0 Å². The molecule has 1 heterocycles. The number of hydrogen-bond acceptors (Lipinski definition) is 4. The molecule has 0 saturated carbocycles. The van der Waals surface area contributed by atoms with Crippen LogP contribution in [0.15, 0.2) is 18.2 Å². The number of aliphatic hydroxyl groups is 1. The van der Waals surface area contributed by atoms with Crippen molar-refractivity contribution in [1.82, 2.24) is 0 Å². The van der Waals surface area contributed by atoms with Crippen molar-refractivity contribution in [2.75, 3.05) is 37.0 Å². The Hall–Kier alpha value is -0.970. The third kappa shape index (κ3) is 2.24. The monoisotopic (exact) mass is 242 g/mol. The molecule has 1 aliphatic heterocycles. The van der Waals surface area contributed by atoms with Gasteiger partial charge >= 0.3 is 0 Å². The van der Waals surface area contributed by atoms with Crippen molar-refractivity contribution in [2.24, 2.45) is 0 Å². The van der Waals surface area contributed by atoms with Crippen molar-refractivity contribution in [3.05, 3.63) is 23.2 Å². The van der Waals surface area contributed by atoms with Gasteiger partial charge in [-0.2, -0.15) is 0 Å². The number of hydrogen-bond donors (Lipinski definition) is 2. The SMILES string of the molecule is Nc1cc(Cl)ccc1N1CCOCC1CO. The molecule has 3 N–H and O–H groups in total. The zero-order valence-electron chi connectivity index (χ0n) is 8.90. The topological polar surface area (TPSA) is 58.7 Å². The first-order chi connectivity index (χ1) is 7.72. The zero-order chi connectivity index (χ0) is 11.5. The molecule has 2 rings (SSSR count). The van der Waals surface area contributed by atoms with E-state index >= 15 is 0 Å². The first-order valence-electron chi connectivity index (χ1n) is 5.22. The molecule has 0 bridgehead atoms. The Bertz CT molecular complexity index is 373. The average Bonchev–Trinajstić information content (AvgIpc) is 2.29. The molecule has 88 valence electrons. The molecule has 5 heteroatoms. The summed E-state index contributed by atoms with van der Waals surface area (Å²) in [5.74, 6) is 0. The Kier molecular flexibility index (Phi) is 3.53. The number of nitrogens with zero attached hydrogens (tertiary/aromatic N) is 1. The molecule has 1 aromatic carbocycles. The summed E-state index contributed by atoms with van der Waals surface area (Å²) >= 11 is 5.85. The van der Waals surface area contributed by atoms with E-state index in [1.54, 1.807) is 12.1 Å². The van der Waals surface area contributed by atoms with Crippen LogP contribution in [0.4, 0.5) is 11.4 Å². The highest BCUT2D eigenvalue weighted by atomic mass is 35.5. The summed E-state index contributed by atoms with van der Waals surface area (Å²) in [6.07, 6.45) is 0. The van der Waals surface area contributed by atoms with Gasteiger partial charge in [0.15, 0.2) is 0 Å². The van der Waals surface area contributed by atoms with E-state index in [4.69, 9.17) is 22.1 Å². The maximum absolute atomic E-state index is 9.28. The highest BCUT2D eigenvalue weighted by Gasteiger charge is 2.23. The van der Waals surface area contributed by atoms with Crippen LogP contribution in [-0.4, -0.2) is 37.5 Å². The Morgan fingerprint density at radius 1 is 1.56 bits per heavy atom. The van der Waals surface area contributed by atoms with Gasteiger partial charge in [0.05, 0.1) is 37.2 Å². The van der Waals surface area contributed by atoms with Gasteiger partial charge in [-0.1, -0.05) is 11.6 Å². The first kappa shape index (κ1) is 11.5. The Morgan fingerprint density at radius 2 is 2.38 bits per heavy atom. The normalized spacial score (nSPS) is 21.1. The van der Waals surface area contributed by atoms with Gasteiger partial charge < -0.3 is 20.5 Å². The van der Waals surface area contributed by atoms with Gasteiger partial charge in [0.2, 0.25) is 0 Å². The first-order valence-corrected chi connectivity index (χ1v) is 5.60. The second-order valence-electron chi connectivity index (χ2n) is 3.81. The summed E-state index contributed by atoms with van der Waals surface area (Å²) in [7, 11) is 0. The molecule has 0 radical (unpaired) electrons. The standard InChI is InChI=1S/C11H15ClN2O2/c12-8-1-2-11(10(13)5-8)14-3-4-16-7-9(14)6-15/h1-2,5,9,15H,3-4,6-7,13H2. The fraction of sp³-hybridized carbons (Fsp3) is 0.455. The minimum Gasteiger partial charge on any atom is -0.397 e. The smallest absolute Gasteiger partial charge is 0.0756 e. The highest BCUT2D eigenvalue weighted by Crippen LogP contribution is 2.28. The van der Waals surface area contributed by atoms with Crippen LogP contribution in [0.3, 0.4) is 0 Å². The lowest BCUT2D eigenvalue weighted by Gasteiger charge is -2.36. The second-order valence-corrected chi connectivity index (χ2v) is 4.24. The van der Waals surface area contributed by atoms with Gasteiger partial charge in [0, 0.05) is 11.6 Å². The Labute approximate surface area is 99.6 Å². The highest BCUT2D eigenvalue weighted by molar-refractivity contribution is 6.31. The predicted octanol–water partition coefficient (Wildman–Crippen LogP) is 1.12.